The first kappa shape index (κ1) is 18.9. The minimum Gasteiger partial charge on any atom is -0.491 e. The molecule has 1 aliphatic heterocycles. The van der Waals surface area contributed by atoms with E-state index in [9.17, 15) is 13.5 Å². The van der Waals surface area contributed by atoms with Gasteiger partial charge in [-0.3, -0.25) is 0 Å². The van der Waals surface area contributed by atoms with Gasteiger partial charge in [-0.2, -0.15) is 4.31 Å². The lowest BCUT2D eigenvalue weighted by Gasteiger charge is -2.37. The number of benzene rings is 2. The van der Waals surface area contributed by atoms with Crippen molar-refractivity contribution in [3.05, 3.63) is 59.7 Å². The first-order valence-corrected chi connectivity index (χ1v) is 10.2. The third-order valence-electron chi connectivity index (χ3n) is 4.84. The zero-order valence-electron chi connectivity index (χ0n) is 15.2. The molecule has 1 heterocycles. The van der Waals surface area contributed by atoms with E-state index in [1.807, 2.05) is 38.1 Å². The Morgan fingerprint density at radius 1 is 0.962 bits per heavy atom. The molecule has 1 saturated heterocycles. The van der Waals surface area contributed by atoms with Crippen molar-refractivity contribution in [3.63, 3.8) is 0 Å². The maximum Gasteiger partial charge on any atom is 0.243 e. The van der Waals surface area contributed by atoms with Crippen molar-refractivity contribution >= 4 is 10.0 Å². The van der Waals surface area contributed by atoms with Crippen LogP contribution in [0.5, 0.6) is 5.75 Å². The van der Waals surface area contributed by atoms with Crippen molar-refractivity contribution < 1.29 is 18.3 Å². The zero-order chi connectivity index (χ0) is 18.8. The van der Waals surface area contributed by atoms with E-state index in [-0.39, 0.29) is 19.7 Å². The standard InChI is InChI=1S/C20H25NO4S/c1-16-3-7-18(8-4-16)25-15-20(22)11-13-21(14-12-20)26(23,24)19-9-5-17(2)6-10-19/h3-10,22H,11-15H2,1-2H3. The van der Waals surface area contributed by atoms with Gasteiger partial charge in [0.15, 0.2) is 0 Å². The summed E-state index contributed by atoms with van der Waals surface area (Å²) in [6.07, 6.45) is 0.702. The summed E-state index contributed by atoms with van der Waals surface area (Å²) in [5.41, 5.74) is 1.15. The first-order chi connectivity index (χ1) is 12.3. The van der Waals surface area contributed by atoms with Gasteiger partial charge in [-0.15, -0.1) is 0 Å². The highest BCUT2D eigenvalue weighted by Gasteiger charge is 2.37. The molecule has 2 aromatic rings. The van der Waals surface area contributed by atoms with Crippen LogP contribution in [0.15, 0.2) is 53.4 Å². The van der Waals surface area contributed by atoms with E-state index in [1.54, 1.807) is 24.3 Å². The van der Waals surface area contributed by atoms with Crippen molar-refractivity contribution in [2.45, 2.75) is 37.2 Å². The van der Waals surface area contributed by atoms with E-state index in [0.29, 0.717) is 23.5 Å². The molecule has 0 aromatic heterocycles. The van der Waals surface area contributed by atoms with Crippen LogP contribution in [0.25, 0.3) is 0 Å². The smallest absolute Gasteiger partial charge is 0.243 e. The summed E-state index contributed by atoms with van der Waals surface area (Å²) in [4.78, 5) is 0.296. The van der Waals surface area contributed by atoms with Gasteiger partial charge in [-0.1, -0.05) is 35.4 Å². The van der Waals surface area contributed by atoms with E-state index in [2.05, 4.69) is 0 Å². The number of ether oxygens (including phenoxy) is 1. The van der Waals surface area contributed by atoms with Crippen LogP contribution in [0.1, 0.15) is 24.0 Å². The monoisotopic (exact) mass is 375 g/mol. The van der Waals surface area contributed by atoms with Gasteiger partial charge in [-0.05, 0) is 51.0 Å². The van der Waals surface area contributed by atoms with Gasteiger partial charge in [0.05, 0.1) is 4.90 Å². The highest BCUT2D eigenvalue weighted by Crippen LogP contribution is 2.28. The Kier molecular flexibility index (Phi) is 5.37. The molecular weight excluding hydrogens is 350 g/mol. The Hall–Kier alpha value is -1.89. The third-order valence-corrected chi connectivity index (χ3v) is 6.75. The minimum absolute atomic E-state index is 0.161. The Labute approximate surface area is 155 Å². The van der Waals surface area contributed by atoms with E-state index >= 15 is 0 Å². The predicted octanol–water partition coefficient (Wildman–Crippen LogP) is 2.90. The van der Waals surface area contributed by atoms with Gasteiger partial charge in [-0.25, -0.2) is 8.42 Å². The second kappa shape index (κ2) is 7.39. The molecule has 0 unspecified atom stereocenters. The van der Waals surface area contributed by atoms with Crippen molar-refractivity contribution in [1.82, 2.24) is 4.31 Å². The number of piperidine rings is 1. The van der Waals surface area contributed by atoms with E-state index < -0.39 is 15.6 Å². The molecule has 0 radical (unpaired) electrons. The van der Waals surface area contributed by atoms with Gasteiger partial charge >= 0.3 is 0 Å². The summed E-state index contributed by atoms with van der Waals surface area (Å²) >= 11 is 0. The van der Waals surface area contributed by atoms with Gasteiger partial charge < -0.3 is 9.84 Å². The molecule has 6 heteroatoms. The number of aliphatic hydroxyl groups is 1. The van der Waals surface area contributed by atoms with E-state index in [0.717, 1.165) is 11.1 Å². The molecule has 26 heavy (non-hydrogen) atoms. The number of hydrogen-bond acceptors (Lipinski definition) is 4. The second-order valence-electron chi connectivity index (χ2n) is 7.04. The molecule has 2 aromatic carbocycles. The summed E-state index contributed by atoms with van der Waals surface area (Å²) in [5, 5.41) is 10.7. The lowest BCUT2D eigenvalue weighted by molar-refractivity contribution is -0.0403. The Morgan fingerprint density at radius 2 is 1.46 bits per heavy atom. The topological polar surface area (TPSA) is 66.8 Å². The number of aryl methyl sites for hydroxylation is 2. The first-order valence-electron chi connectivity index (χ1n) is 8.77. The molecule has 5 nitrogen and oxygen atoms in total. The van der Waals surface area contributed by atoms with Crippen molar-refractivity contribution in [3.8, 4) is 5.75 Å². The lowest BCUT2D eigenvalue weighted by atomic mass is 9.93. The lowest BCUT2D eigenvalue weighted by Crippen LogP contribution is -2.49. The van der Waals surface area contributed by atoms with Crippen LogP contribution in [-0.4, -0.2) is 43.1 Å². The zero-order valence-corrected chi connectivity index (χ0v) is 16.0. The molecule has 0 spiro atoms. The number of sulfonamides is 1. The van der Waals surface area contributed by atoms with E-state index in [4.69, 9.17) is 4.74 Å². The molecule has 0 amide bonds. The molecule has 0 aliphatic carbocycles. The average Bonchev–Trinajstić information content (AvgIpc) is 2.62. The fraction of sp³-hybridized carbons (Fsp3) is 0.400. The van der Waals surface area contributed by atoms with Crippen LogP contribution in [-0.2, 0) is 10.0 Å². The molecule has 0 bridgehead atoms. The van der Waals surface area contributed by atoms with E-state index in [1.165, 1.54) is 4.31 Å². The van der Waals surface area contributed by atoms with Crippen molar-refractivity contribution in [2.24, 2.45) is 0 Å². The maximum absolute atomic E-state index is 12.7. The van der Waals surface area contributed by atoms with Crippen LogP contribution in [0.3, 0.4) is 0 Å². The van der Waals surface area contributed by atoms with Crippen molar-refractivity contribution in [1.29, 1.82) is 0 Å². The number of nitrogens with zero attached hydrogens (tertiary/aromatic N) is 1. The quantitative estimate of drug-likeness (QED) is 0.873. The Balaban J connectivity index is 1.60. The molecule has 0 saturated carbocycles. The highest BCUT2D eigenvalue weighted by molar-refractivity contribution is 7.89. The van der Waals surface area contributed by atoms with Crippen molar-refractivity contribution in [2.75, 3.05) is 19.7 Å². The minimum atomic E-state index is -3.52. The van der Waals surface area contributed by atoms with Crippen LogP contribution < -0.4 is 4.74 Å². The predicted molar refractivity (Wildman–Crippen MR) is 101 cm³/mol. The molecule has 0 atom stereocenters. The number of rotatable bonds is 5. The van der Waals surface area contributed by atoms with Gasteiger partial charge in [0.1, 0.15) is 18.0 Å². The van der Waals surface area contributed by atoms with Crippen LogP contribution in [0.2, 0.25) is 0 Å². The average molecular weight is 375 g/mol. The Bertz CT molecular complexity index is 836. The highest BCUT2D eigenvalue weighted by atomic mass is 32.2. The molecular formula is C20H25NO4S. The fourth-order valence-corrected chi connectivity index (χ4v) is 4.44. The summed E-state index contributed by atoms with van der Waals surface area (Å²) in [6.45, 7) is 4.65. The summed E-state index contributed by atoms with van der Waals surface area (Å²) < 4.78 is 32.6. The van der Waals surface area contributed by atoms with Crippen LogP contribution in [0.4, 0.5) is 0 Å². The number of hydrogen-bond donors (Lipinski definition) is 1. The maximum atomic E-state index is 12.7. The van der Waals surface area contributed by atoms with Gasteiger partial charge in [0.2, 0.25) is 10.0 Å². The molecule has 140 valence electrons. The largest absolute Gasteiger partial charge is 0.491 e. The van der Waals surface area contributed by atoms with Crippen LogP contribution in [0, 0.1) is 13.8 Å². The van der Waals surface area contributed by atoms with Gasteiger partial charge in [0.25, 0.3) is 0 Å². The summed E-state index contributed by atoms with van der Waals surface area (Å²) in [7, 11) is -3.52. The summed E-state index contributed by atoms with van der Waals surface area (Å²) in [5.74, 6) is 0.707. The Morgan fingerprint density at radius 3 is 2.00 bits per heavy atom. The normalized spacial score (nSPS) is 17.8. The molecule has 1 N–H and O–H groups in total. The summed E-state index contributed by atoms with van der Waals surface area (Å²) in [6, 6.07) is 14.5. The molecule has 3 rings (SSSR count). The molecule has 1 fully saturated rings. The second-order valence-corrected chi connectivity index (χ2v) is 8.98. The van der Waals surface area contributed by atoms with Gasteiger partial charge in [0, 0.05) is 13.1 Å². The van der Waals surface area contributed by atoms with Crippen LogP contribution >= 0.6 is 0 Å². The molecule has 1 aliphatic rings. The third kappa shape index (κ3) is 4.26. The SMILES string of the molecule is Cc1ccc(OCC2(O)CCN(S(=O)(=O)c3ccc(C)cc3)CC2)cc1. The fourth-order valence-electron chi connectivity index (χ4n) is 3.00.